The summed E-state index contributed by atoms with van der Waals surface area (Å²) in [6.07, 6.45) is 2.23. The van der Waals surface area contributed by atoms with E-state index in [-0.39, 0.29) is 11.7 Å². The van der Waals surface area contributed by atoms with E-state index in [0.29, 0.717) is 22.4 Å². The number of aromatic nitrogens is 4. The Morgan fingerprint density at radius 2 is 2.15 bits per heavy atom. The number of thiazole rings is 1. The maximum absolute atomic E-state index is 13.4. The lowest BCUT2D eigenvalue weighted by Gasteiger charge is -2.06. The first-order chi connectivity index (χ1) is 13.0. The molecular weight excluding hydrogens is 392 g/mol. The molecule has 1 fully saturated rings. The lowest BCUT2D eigenvalue weighted by molar-refractivity contribution is -0.113. The van der Waals surface area contributed by atoms with Crippen molar-refractivity contribution < 1.29 is 13.6 Å². The molecule has 0 unspecified atom stereocenters. The molecule has 1 aliphatic carbocycles. The van der Waals surface area contributed by atoms with Gasteiger partial charge in [0.1, 0.15) is 5.82 Å². The number of rotatable bonds is 6. The molecule has 1 amide bonds. The van der Waals surface area contributed by atoms with Crippen molar-refractivity contribution in [1.82, 2.24) is 19.7 Å². The number of anilines is 1. The summed E-state index contributed by atoms with van der Waals surface area (Å²) in [5.74, 6) is -1.01. The number of halogens is 2. The number of benzene rings is 1. The van der Waals surface area contributed by atoms with Crippen LogP contribution >= 0.6 is 23.1 Å². The molecule has 4 rings (SSSR count). The van der Waals surface area contributed by atoms with Crippen LogP contribution in [0.4, 0.5) is 13.9 Å². The van der Waals surface area contributed by atoms with Crippen LogP contribution in [-0.4, -0.2) is 31.4 Å². The van der Waals surface area contributed by atoms with E-state index in [1.807, 2.05) is 6.92 Å². The molecule has 0 bridgehead atoms. The maximum atomic E-state index is 13.4. The predicted octanol–water partition coefficient (Wildman–Crippen LogP) is 4.05. The Kier molecular flexibility index (Phi) is 4.92. The Morgan fingerprint density at radius 3 is 2.89 bits per heavy atom. The Morgan fingerprint density at radius 1 is 1.33 bits per heavy atom. The van der Waals surface area contributed by atoms with Crippen molar-refractivity contribution in [2.45, 2.75) is 31.0 Å². The number of thioether (sulfide) groups is 1. The number of hydrogen-bond acceptors (Lipinski definition) is 6. The van der Waals surface area contributed by atoms with E-state index in [1.165, 1.54) is 29.2 Å². The van der Waals surface area contributed by atoms with Crippen LogP contribution in [0.25, 0.3) is 11.3 Å². The van der Waals surface area contributed by atoms with Gasteiger partial charge < -0.3 is 9.88 Å². The number of hydrogen-bond donors (Lipinski definition) is 1. The van der Waals surface area contributed by atoms with Gasteiger partial charge in [-0.3, -0.25) is 4.79 Å². The van der Waals surface area contributed by atoms with Crippen LogP contribution in [0, 0.1) is 18.6 Å². The quantitative estimate of drug-likeness (QED) is 0.624. The number of amides is 1. The second-order valence-corrected chi connectivity index (χ2v) is 7.94. The molecule has 0 spiro atoms. The van der Waals surface area contributed by atoms with Crippen LogP contribution in [0.15, 0.2) is 28.7 Å². The summed E-state index contributed by atoms with van der Waals surface area (Å²) < 4.78 is 28.5. The minimum Gasteiger partial charge on any atom is -0.303 e. The van der Waals surface area contributed by atoms with E-state index in [9.17, 15) is 13.6 Å². The monoisotopic (exact) mass is 407 g/mol. The van der Waals surface area contributed by atoms with Gasteiger partial charge in [-0.1, -0.05) is 11.8 Å². The van der Waals surface area contributed by atoms with Gasteiger partial charge in [-0.15, -0.1) is 21.5 Å². The minimum atomic E-state index is -0.933. The lowest BCUT2D eigenvalue weighted by Crippen LogP contribution is -2.14. The molecule has 0 radical (unpaired) electrons. The third-order valence-corrected chi connectivity index (χ3v) is 5.75. The van der Waals surface area contributed by atoms with E-state index in [0.717, 1.165) is 36.0 Å². The van der Waals surface area contributed by atoms with Crippen LogP contribution < -0.4 is 5.32 Å². The van der Waals surface area contributed by atoms with Gasteiger partial charge in [0.05, 0.1) is 11.4 Å². The molecule has 1 aromatic carbocycles. The molecule has 0 aliphatic heterocycles. The predicted molar refractivity (Wildman–Crippen MR) is 99.8 cm³/mol. The second kappa shape index (κ2) is 7.35. The van der Waals surface area contributed by atoms with Gasteiger partial charge in [-0.2, -0.15) is 0 Å². The summed E-state index contributed by atoms with van der Waals surface area (Å²) in [4.78, 5) is 16.5. The number of nitrogens with zero attached hydrogens (tertiary/aromatic N) is 4. The second-order valence-electron chi connectivity index (χ2n) is 6.13. The molecule has 140 valence electrons. The van der Waals surface area contributed by atoms with Gasteiger partial charge in [-0.05, 0) is 38.0 Å². The molecular formula is C17H15F2N5OS2. The van der Waals surface area contributed by atoms with Gasteiger partial charge in [0.2, 0.25) is 5.91 Å². The van der Waals surface area contributed by atoms with Gasteiger partial charge >= 0.3 is 0 Å². The lowest BCUT2D eigenvalue weighted by atomic mass is 10.2. The van der Waals surface area contributed by atoms with E-state index < -0.39 is 11.6 Å². The van der Waals surface area contributed by atoms with Crippen molar-refractivity contribution in [2.75, 3.05) is 11.1 Å². The summed E-state index contributed by atoms with van der Waals surface area (Å²) >= 11 is 2.56. The zero-order chi connectivity index (χ0) is 19.0. The van der Waals surface area contributed by atoms with Crippen molar-refractivity contribution in [3.63, 3.8) is 0 Å². The van der Waals surface area contributed by atoms with Gasteiger partial charge in [0, 0.05) is 17.0 Å². The molecule has 10 heteroatoms. The highest BCUT2D eigenvalue weighted by Crippen LogP contribution is 2.38. The molecule has 2 aromatic heterocycles. The van der Waals surface area contributed by atoms with E-state index in [2.05, 4.69) is 25.1 Å². The van der Waals surface area contributed by atoms with E-state index in [4.69, 9.17) is 0 Å². The largest absolute Gasteiger partial charge is 0.303 e. The normalized spacial score (nSPS) is 13.7. The average Bonchev–Trinajstić information content (AvgIpc) is 3.25. The molecule has 2 heterocycles. The molecule has 1 saturated carbocycles. The maximum Gasteiger partial charge on any atom is 0.236 e. The summed E-state index contributed by atoms with van der Waals surface area (Å²) in [6.45, 7) is 1.91. The molecule has 0 saturated heterocycles. The first-order valence-corrected chi connectivity index (χ1v) is 10.1. The fraction of sp³-hybridized carbons (Fsp3) is 0.294. The van der Waals surface area contributed by atoms with Gasteiger partial charge in [-0.25, -0.2) is 13.8 Å². The molecule has 0 atom stereocenters. The highest BCUT2D eigenvalue weighted by atomic mass is 32.2. The Labute approximate surface area is 162 Å². The first kappa shape index (κ1) is 18.1. The van der Waals surface area contributed by atoms with Crippen LogP contribution in [0.2, 0.25) is 0 Å². The summed E-state index contributed by atoms with van der Waals surface area (Å²) in [5, 5.41) is 13.8. The molecule has 3 aromatic rings. The number of aryl methyl sites for hydroxylation is 1. The molecule has 27 heavy (non-hydrogen) atoms. The van der Waals surface area contributed by atoms with Crippen LogP contribution in [-0.2, 0) is 4.79 Å². The van der Waals surface area contributed by atoms with Crippen molar-refractivity contribution in [2.24, 2.45) is 0 Å². The summed E-state index contributed by atoms with van der Waals surface area (Å²) in [5.41, 5.74) is 0.930. The van der Waals surface area contributed by atoms with Gasteiger partial charge in [0.25, 0.3) is 0 Å². The number of carbonyl (C=O) groups is 1. The fourth-order valence-electron chi connectivity index (χ4n) is 2.61. The van der Waals surface area contributed by atoms with Crippen molar-refractivity contribution in [1.29, 1.82) is 0 Å². The summed E-state index contributed by atoms with van der Waals surface area (Å²) in [6, 6.07) is 4.03. The fourth-order valence-corrected chi connectivity index (χ4v) is 4.19. The van der Waals surface area contributed by atoms with Crippen molar-refractivity contribution in [3.8, 4) is 11.3 Å². The van der Waals surface area contributed by atoms with Crippen LogP contribution in [0.3, 0.4) is 0 Å². The van der Waals surface area contributed by atoms with Crippen molar-refractivity contribution >= 4 is 34.1 Å². The highest BCUT2D eigenvalue weighted by molar-refractivity contribution is 7.99. The smallest absolute Gasteiger partial charge is 0.236 e. The third-order valence-electron chi connectivity index (χ3n) is 4.05. The number of nitrogens with one attached hydrogen (secondary N) is 1. The van der Waals surface area contributed by atoms with E-state index >= 15 is 0 Å². The first-order valence-electron chi connectivity index (χ1n) is 8.26. The zero-order valence-corrected chi connectivity index (χ0v) is 15.9. The molecule has 6 nitrogen and oxygen atoms in total. The standard InChI is InChI=1S/C17H15F2N5OS2/c1-9-22-23-17(24(9)11-3-4-11)27-8-15(25)21-16-20-14(7-26-16)10-2-5-12(18)13(19)6-10/h2,5-7,11H,3-4,8H2,1H3,(H,20,21,25). The van der Waals surface area contributed by atoms with E-state index in [1.54, 1.807) is 5.38 Å². The van der Waals surface area contributed by atoms with Crippen molar-refractivity contribution in [3.05, 3.63) is 41.0 Å². The third kappa shape index (κ3) is 4.01. The zero-order valence-electron chi connectivity index (χ0n) is 14.3. The minimum absolute atomic E-state index is 0.185. The summed E-state index contributed by atoms with van der Waals surface area (Å²) in [7, 11) is 0. The Bertz CT molecular complexity index is 999. The van der Waals surface area contributed by atoms with Crippen LogP contribution in [0.5, 0.6) is 0 Å². The topological polar surface area (TPSA) is 72.7 Å². The molecule has 1 N–H and O–H groups in total. The molecule has 1 aliphatic rings. The Hall–Kier alpha value is -2.33. The average molecular weight is 407 g/mol. The highest BCUT2D eigenvalue weighted by Gasteiger charge is 2.28. The Balaban J connectivity index is 1.37. The SMILES string of the molecule is Cc1nnc(SCC(=O)Nc2nc(-c3ccc(F)c(F)c3)cs2)n1C1CC1. The van der Waals surface area contributed by atoms with Crippen LogP contribution in [0.1, 0.15) is 24.7 Å². The number of carbonyl (C=O) groups excluding carboxylic acids is 1. The van der Waals surface area contributed by atoms with Gasteiger partial charge in [0.15, 0.2) is 21.9 Å².